The topological polar surface area (TPSA) is 59.1 Å². The molecule has 0 saturated heterocycles. The number of nitrogens with zero attached hydrogens (tertiary/aromatic N) is 1. The number of nitrogens with one attached hydrogen (secondary N) is 1. The van der Waals surface area contributed by atoms with Crippen LogP contribution in [0.4, 0.5) is 0 Å². The number of hydrogen-bond donors (Lipinski definition) is 1. The summed E-state index contributed by atoms with van der Waals surface area (Å²) < 4.78 is 0. The summed E-state index contributed by atoms with van der Waals surface area (Å²) in [7, 11) is 0. The van der Waals surface area contributed by atoms with Gasteiger partial charge in [-0.2, -0.15) is 0 Å². The van der Waals surface area contributed by atoms with Crippen LogP contribution in [0.1, 0.15) is 12.5 Å². The minimum atomic E-state index is -0.448. The van der Waals surface area contributed by atoms with Crippen LogP contribution in [0.25, 0.3) is 0 Å². The van der Waals surface area contributed by atoms with Crippen molar-refractivity contribution >= 4 is 12.2 Å². The smallest absolute Gasteiger partial charge is 0.207 e. The third kappa shape index (κ3) is 2.97. The van der Waals surface area contributed by atoms with Crippen LogP contribution in [0.15, 0.2) is 24.5 Å². The lowest BCUT2D eigenvalue weighted by Crippen LogP contribution is -2.36. The number of aromatic nitrogens is 1. The highest BCUT2D eigenvalue weighted by molar-refractivity contribution is 5.83. The standard InChI is InChI=1S/C10H12N2O2/c1-8(14)10(12-7-13)5-9-3-2-4-11-6-9/h2-4,6-7,10H,5H2,1H3,(H,12,13)/t10-/m0/s1. The average molecular weight is 192 g/mol. The quantitative estimate of drug-likeness (QED) is 0.684. The molecule has 1 amide bonds. The van der Waals surface area contributed by atoms with Crippen LogP contribution in [-0.2, 0) is 16.0 Å². The number of pyridine rings is 1. The largest absolute Gasteiger partial charge is 0.349 e. The highest BCUT2D eigenvalue weighted by Gasteiger charge is 2.12. The van der Waals surface area contributed by atoms with Crippen molar-refractivity contribution in [3.8, 4) is 0 Å². The molecule has 0 radical (unpaired) electrons. The van der Waals surface area contributed by atoms with E-state index in [9.17, 15) is 9.59 Å². The molecule has 1 rings (SSSR count). The van der Waals surface area contributed by atoms with E-state index in [2.05, 4.69) is 10.3 Å². The molecule has 4 nitrogen and oxygen atoms in total. The van der Waals surface area contributed by atoms with Crippen LogP contribution in [-0.4, -0.2) is 23.2 Å². The summed E-state index contributed by atoms with van der Waals surface area (Å²) in [6.45, 7) is 1.46. The lowest BCUT2D eigenvalue weighted by atomic mass is 10.1. The summed E-state index contributed by atoms with van der Waals surface area (Å²) in [4.78, 5) is 25.3. The average Bonchev–Trinajstić information content (AvgIpc) is 2.18. The van der Waals surface area contributed by atoms with E-state index in [0.717, 1.165) is 5.56 Å². The second-order valence-corrected chi connectivity index (χ2v) is 3.01. The maximum atomic E-state index is 11.1. The van der Waals surface area contributed by atoms with Gasteiger partial charge in [0.25, 0.3) is 0 Å². The Bertz CT molecular complexity index is 311. The molecule has 1 aromatic heterocycles. The fourth-order valence-electron chi connectivity index (χ4n) is 1.16. The Kier molecular flexibility index (Phi) is 3.79. The third-order valence-corrected chi connectivity index (χ3v) is 1.92. The minimum absolute atomic E-state index is 0.0547. The Morgan fingerprint density at radius 2 is 2.50 bits per heavy atom. The molecule has 0 aliphatic heterocycles. The Morgan fingerprint density at radius 3 is 3.00 bits per heavy atom. The Morgan fingerprint density at radius 1 is 1.71 bits per heavy atom. The van der Waals surface area contributed by atoms with Crippen LogP contribution in [0, 0.1) is 0 Å². The van der Waals surface area contributed by atoms with E-state index in [4.69, 9.17) is 0 Å². The molecular formula is C10H12N2O2. The van der Waals surface area contributed by atoms with E-state index in [-0.39, 0.29) is 5.78 Å². The van der Waals surface area contributed by atoms with Crippen molar-refractivity contribution in [2.45, 2.75) is 19.4 Å². The molecule has 0 spiro atoms. The van der Waals surface area contributed by atoms with E-state index < -0.39 is 6.04 Å². The summed E-state index contributed by atoms with van der Waals surface area (Å²) in [6.07, 6.45) is 4.38. The maximum Gasteiger partial charge on any atom is 0.207 e. The molecule has 0 aromatic carbocycles. The molecule has 0 fully saturated rings. The molecule has 1 N–H and O–H groups in total. The zero-order valence-corrected chi connectivity index (χ0v) is 7.93. The van der Waals surface area contributed by atoms with Crippen molar-refractivity contribution in [1.29, 1.82) is 0 Å². The Labute approximate surface area is 82.3 Å². The van der Waals surface area contributed by atoms with Crippen molar-refractivity contribution in [3.05, 3.63) is 30.1 Å². The number of rotatable bonds is 5. The van der Waals surface area contributed by atoms with Crippen LogP contribution in [0.3, 0.4) is 0 Å². The zero-order valence-electron chi connectivity index (χ0n) is 7.93. The minimum Gasteiger partial charge on any atom is -0.349 e. The summed E-state index contributed by atoms with van der Waals surface area (Å²) >= 11 is 0. The molecule has 0 unspecified atom stereocenters. The predicted octanol–water partition coefficient (Wildman–Crippen LogP) is 0.328. The van der Waals surface area contributed by atoms with E-state index in [1.807, 2.05) is 6.07 Å². The summed E-state index contributed by atoms with van der Waals surface area (Å²) in [5.41, 5.74) is 0.932. The van der Waals surface area contributed by atoms with Gasteiger partial charge in [0, 0.05) is 18.8 Å². The van der Waals surface area contributed by atoms with Gasteiger partial charge in [0.15, 0.2) is 5.78 Å². The first kappa shape index (κ1) is 10.4. The molecule has 4 heteroatoms. The number of hydrogen-bond acceptors (Lipinski definition) is 3. The van der Waals surface area contributed by atoms with Gasteiger partial charge in [-0.1, -0.05) is 6.07 Å². The van der Waals surface area contributed by atoms with Gasteiger partial charge >= 0.3 is 0 Å². The van der Waals surface area contributed by atoms with Crippen molar-refractivity contribution in [2.75, 3.05) is 0 Å². The first-order valence-corrected chi connectivity index (χ1v) is 4.33. The second kappa shape index (κ2) is 5.11. The monoisotopic (exact) mass is 192 g/mol. The SMILES string of the molecule is CC(=O)[C@H](Cc1cccnc1)NC=O. The normalized spacial score (nSPS) is 11.8. The van der Waals surface area contributed by atoms with Crippen LogP contribution in [0.5, 0.6) is 0 Å². The lowest BCUT2D eigenvalue weighted by molar-refractivity contribution is -0.121. The number of carbonyl (C=O) groups excluding carboxylic acids is 2. The molecule has 0 aliphatic rings. The first-order valence-electron chi connectivity index (χ1n) is 4.33. The van der Waals surface area contributed by atoms with Gasteiger partial charge in [0.1, 0.15) is 0 Å². The Balaban J connectivity index is 2.64. The van der Waals surface area contributed by atoms with Gasteiger partial charge in [0.05, 0.1) is 6.04 Å². The molecule has 1 heterocycles. The number of amides is 1. The van der Waals surface area contributed by atoms with Gasteiger partial charge in [-0.15, -0.1) is 0 Å². The fraction of sp³-hybridized carbons (Fsp3) is 0.300. The number of carbonyl (C=O) groups is 2. The number of Topliss-reactive ketones (excluding diaryl/α,β-unsaturated/α-hetero) is 1. The molecule has 1 atom stereocenters. The summed E-state index contributed by atoms with van der Waals surface area (Å²) in [5, 5.41) is 2.47. The highest BCUT2D eigenvalue weighted by Crippen LogP contribution is 2.01. The second-order valence-electron chi connectivity index (χ2n) is 3.01. The van der Waals surface area contributed by atoms with Crippen LogP contribution < -0.4 is 5.32 Å². The van der Waals surface area contributed by atoms with Crippen molar-refractivity contribution in [2.24, 2.45) is 0 Å². The molecule has 0 saturated carbocycles. The van der Waals surface area contributed by atoms with Crippen molar-refractivity contribution < 1.29 is 9.59 Å². The zero-order chi connectivity index (χ0) is 10.4. The third-order valence-electron chi connectivity index (χ3n) is 1.92. The predicted molar refractivity (Wildman–Crippen MR) is 51.6 cm³/mol. The van der Waals surface area contributed by atoms with Crippen LogP contribution >= 0.6 is 0 Å². The van der Waals surface area contributed by atoms with Gasteiger partial charge in [-0.05, 0) is 18.6 Å². The fourth-order valence-corrected chi connectivity index (χ4v) is 1.16. The Hall–Kier alpha value is -1.71. The van der Waals surface area contributed by atoms with Crippen LogP contribution in [0.2, 0.25) is 0 Å². The van der Waals surface area contributed by atoms with E-state index in [1.165, 1.54) is 6.92 Å². The van der Waals surface area contributed by atoms with Crippen molar-refractivity contribution in [1.82, 2.24) is 10.3 Å². The molecule has 1 aromatic rings. The molecule has 14 heavy (non-hydrogen) atoms. The lowest BCUT2D eigenvalue weighted by Gasteiger charge is -2.11. The van der Waals surface area contributed by atoms with Gasteiger partial charge in [0.2, 0.25) is 6.41 Å². The number of ketones is 1. The van der Waals surface area contributed by atoms with Crippen molar-refractivity contribution in [3.63, 3.8) is 0 Å². The van der Waals surface area contributed by atoms with Gasteiger partial charge in [-0.3, -0.25) is 14.6 Å². The molecule has 0 aliphatic carbocycles. The molecule has 74 valence electrons. The summed E-state index contributed by atoms with van der Waals surface area (Å²) in [5.74, 6) is -0.0547. The van der Waals surface area contributed by atoms with Gasteiger partial charge in [-0.25, -0.2) is 0 Å². The maximum absolute atomic E-state index is 11.1. The van der Waals surface area contributed by atoms with E-state index >= 15 is 0 Å². The molecular weight excluding hydrogens is 180 g/mol. The van der Waals surface area contributed by atoms with E-state index in [0.29, 0.717) is 12.8 Å². The highest BCUT2D eigenvalue weighted by atomic mass is 16.1. The van der Waals surface area contributed by atoms with E-state index in [1.54, 1.807) is 18.5 Å². The molecule has 0 bridgehead atoms. The summed E-state index contributed by atoms with van der Waals surface area (Å²) in [6, 6.07) is 3.22. The first-order chi connectivity index (χ1) is 6.74. The van der Waals surface area contributed by atoms with Gasteiger partial charge < -0.3 is 5.32 Å².